The summed E-state index contributed by atoms with van der Waals surface area (Å²) in [5, 5.41) is 0. The Morgan fingerprint density at radius 1 is 0.812 bits per heavy atom. The second kappa shape index (κ2) is 29.4. The van der Waals surface area contributed by atoms with Gasteiger partial charge in [0.05, 0.1) is 15.7 Å². The molecule has 2 heteroatoms. The Morgan fingerprint density at radius 2 is 0.938 bits per heavy atom. The van der Waals surface area contributed by atoms with E-state index < -0.39 is 0 Å². The van der Waals surface area contributed by atoms with Crippen LogP contribution in [0.25, 0.3) is 0 Å². The van der Waals surface area contributed by atoms with Crippen LogP contribution in [0.2, 0.25) is 12.6 Å². The Hall–Kier alpha value is 0.130. The van der Waals surface area contributed by atoms with Gasteiger partial charge in [-0.25, -0.2) is 0 Å². The van der Waals surface area contributed by atoms with Crippen LogP contribution in [-0.2, 0) is 0 Å². The van der Waals surface area contributed by atoms with Crippen molar-refractivity contribution in [1.82, 2.24) is 0 Å². The fourth-order valence-electron chi connectivity index (χ4n) is 0.118. The quantitative estimate of drug-likeness (QED) is 0.531. The minimum atomic E-state index is 0. The predicted octanol–water partition coefficient (Wildman–Crippen LogP) is 5.68. The van der Waals surface area contributed by atoms with Crippen molar-refractivity contribution in [2.75, 3.05) is 0 Å². The minimum Gasteiger partial charge on any atom is -0.0894 e. The summed E-state index contributed by atoms with van der Waals surface area (Å²) in [5.74, 6) is 0. The first-order valence-electron chi connectivity index (χ1n) is 6.23. The molecule has 0 saturated heterocycles. The molecule has 0 saturated carbocycles. The van der Waals surface area contributed by atoms with Crippen molar-refractivity contribution in [1.29, 1.82) is 0 Å². The first-order valence-corrected chi connectivity index (χ1v) is 6.23. The van der Waals surface area contributed by atoms with E-state index in [0.717, 1.165) is 19.1 Å². The molecule has 0 aromatic rings. The molecule has 0 aliphatic rings. The zero-order valence-electron chi connectivity index (χ0n) is 12.5. The molecule has 0 fully saturated rings. The number of hydrogen-bond acceptors (Lipinski definition) is 0. The van der Waals surface area contributed by atoms with Crippen molar-refractivity contribution in [3.63, 3.8) is 0 Å². The summed E-state index contributed by atoms with van der Waals surface area (Å²) in [7, 11) is 10.1. The van der Waals surface area contributed by atoms with Gasteiger partial charge in [0.2, 0.25) is 0 Å². The van der Waals surface area contributed by atoms with Gasteiger partial charge in [-0.15, -0.1) is 0 Å². The lowest BCUT2D eigenvalue weighted by Gasteiger charge is -2.05. The van der Waals surface area contributed by atoms with Crippen LogP contribution >= 0.6 is 0 Å². The van der Waals surface area contributed by atoms with Gasteiger partial charge in [-0.2, -0.15) is 0 Å². The molecule has 0 aromatic heterocycles. The molecule has 98 valence electrons. The molecule has 0 nitrogen and oxygen atoms in total. The van der Waals surface area contributed by atoms with E-state index in [1.807, 2.05) is 13.8 Å². The Bertz CT molecular complexity index is 57.6. The lowest BCUT2D eigenvalue weighted by atomic mass is 9.93. The van der Waals surface area contributed by atoms with Crippen LogP contribution in [0.3, 0.4) is 0 Å². The van der Waals surface area contributed by atoms with Gasteiger partial charge in [0.25, 0.3) is 0 Å². The molecule has 0 aliphatic heterocycles. The Morgan fingerprint density at radius 3 is 0.938 bits per heavy atom. The largest absolute Gasteiger partial charge is 0.0894 e. The molecule has 4 radical (unpaired) electrons. The van der Waals surface area contributed by atoms with E-state index in [4.69, 9.17) is 15.7 Å². The van der Waals surface area contributed by atoms with Crippen molar-refractivity contribution in [2.45, 2.75) is 88.3 Å². The van der Waals surface area contributed by atoms with Crippen molar-refractivity contribution >= 4 is 15.7 Å². The summed E-state index contributed by atoms with van der Waals surface area (Å²) in [4.78, 5) is 0. The predicted molar refractivity (Wildman–Crippen MR) is 84.9 cm³/mol. The minimum absolute atomic E-state index is 0. The summed E-state index contributed by atoms with van der Waals surface area (Å²) >= 11 is 0. The van der Waals surface area contributed by atoms with Crippen LogP contribution in [0.5, 0.6) is 0 Å². The topological polar surface area (TPSA) is 0 Å². The van der Waals surface area contributed by atoms with E-state index in [2.05, 4.69) is 41.5 Å². The first kappa shape index (κ1) is 29.8. The Kier molecular flexibility index (Phi) is 54.8. The summed E-state index contributed by atoms with van der Waals surface area (Å²) in [6.45, 7) is 17.0. The molecule has 0 atom stereocenters. The van der Waals surface area contributed by atoms with Crippen LogP contribution in [0, 0.1) is 5.41 Å². The van der Waals surface area contributed by atoms with E-state index in [1.165, 1.54) is 6.42 Å². The van der Waals surface area contributed by atoms with Crippen molar-refractivity contribution in [3.8, 4) is 0 Å². The standard InChI is InChI=1S/C5H12.C3H6B2.C3H8.C2H6.CH4/c1-5(2,3)4;4-2-1-3-5;1-3-2;1-2;/h1-4H3;1-3H2;3H2,1-2H3;1-2H3;1H4. The molecule has 0 aromatic carbocycles. The van der Waals surface area contributed by atoms with E-state index >= 15 is 0 Å². The highest BCUT2D eigenvalue weighted by Gasteiger charge is 1.95. The monoisotopic (exact) mass is 226 g/mol. The maximum atomic E-state index is 5.06. The van der Waals surface area contributed by atoms with Gasteiger partial charge in [-0.1, -0.05) is 88.3 Å². The molecule has 0 aliphatic carbocycles. The number of hydrogen-bond donors (Lipinski definition) is 0. The maximum Gasteiger partial charge on any atom is 0.0652 e. The third-order valence-corrected chi connectivity index (χ3v) is 0.408. The van der Waals surface area contributed by atoms with Gasteiger partial charge in [-0.05, 0) is 5.41 Å². The fraction of sp³-hybridized carbons (Fsp3) is 1.00. The normalized spacial score (nSPS) is 7.75. The van der Waals surface area contributed by atoms with Gasteiger partial charge in [0, 0.05) is 0 Å². The average Bonchev–Trinajstić information content (AvgIpc) is 2.08. The molecule has 0 unspecified atom stereocenters. The van der Waals surface area contributed by atoms with E-state index in [-0.39, 0.29) is 7.43 Å². The van der Waals surface area contributed by atoms with Crippen LogP contribution < -0.4 is 0 Å². The fourth-order valence-corrected chi connectivity index (χ4v) is 0.118. The lowest BCUT2D eigenvalue weighted by molar-refractivity contribution is 0.469. The van der Waals surface area contributed by atoms with Crippen molar-refractivity contribution in [2.24, 2.45) is 5.41 Å². The summed E-state index contributed by atoms with van der Waals surface area (Å²) in [5.41, 5.74) is 0.500. The zero-order chi connectivity index (χ0) is 13.3. The van der Waals surface area contributed by atoms with Gasteiger partial charge < -0.3 is 0 Å². The van der Waals surface area contributed by atoms with Crippen LogP contribution in [-0.4, -0.2) is 15.7 Å². The van der Waals surface area contributed by atoms with Crippen LogP contribution in [0.1, 0.15) is 75.7 Å². The second-order valence-corrected chi connectivity index (χ2v) is 4.64. The molecule has 0 spiro atoms. The molecular formula is C14H36B2. The second-order valence-electron chi connectivity index (χ2n) is 4.64. The van der Waals surface area contributed by atoms with Gasteiger partial charge >= 0.3 is 0 Å². The Labute approximate surface area is 110 Å². The van der Waals surface area contributed by atoms with Gasteiger partial charge in [-0.3, -0.25) is 0 Å². The first-order chi connectivity index (χ1) is 6.83. The highest BCUT2D eigenvalue weighted by atomic mass is 14.0. The average molecular weight is 226 g/mol. The van der Waals surface area contributed by atoms with E-state index in [9.17, 15) is 0 Å². The third-order valence-electron chi connectivity index (χ3n) is 0.408. The highest BCUT2D eigenvalue weighted by molar-refractivity contribution is 6.11. The summed E-state index contributed by atoms with van der Waals surface area (Å²) in [6.07, 6.45) is 3.63. The van der Waals surface area contributed by atoms with Gasteiger partial charge in [0.1, 0.15) is 0 Å². The third kappa shape index (κ3) is 537. The molecule has 0 bridgehead atoms. The molecule has 0 amide bonds. The van der Waals surface area contributed by atoms with E-state index in [1.54, 1.807) is 0 Å². The molecule has 0 N–H and O–H groups in total. The zero-order valence-corrected chi connectivity index (χ0v) is 12.5. The van der Waals surface area contributed by atoms with Gasteiger partial charge in [0.15, 0.2) is 0 Å². The highest BCUT2D eigenvalue weighted by Crippen LogP contribution is 2.08. The SMILES string of the molecule is C.CC.CC(C)(C)C.CCC.[B]CCC[B]. The molecule has 16 heavy (non-hydrogen) atoms. The number of rotatable bonds is 2. The van der Waals surface area contributed by atoms with E-state index in [0.29, 0.717) is 5.41 Å². The van der Waals surface area contributed by atoms with Crippen LogP contribution in [0.4, 0.5) is 0 Å². The molecular weight excluding hydrogens is 190 g/mol. The molecule has 0 rings (SSSR count). The van der Waals surface area contributed by atoms with Crippen molar-refractivity contribution < 1.29 is 0 Å². The molecule has 0 heterocycles. The summed E-state index contributed by atoms with van der Waals surface area (Å²) < 4.78 is 0. The van der Waals surface area contributed by atoms with Crippen molar-refractivity contribution in [3.05, 3.63) is 0 Å². The smallest absolute Gasteiger partial charge is 0.0652 e. The summed E-state index contributed by atoms with van der Waals surface area (Å²) in [6, 6.07) is 0. The Balaban J connectivity index is -0.0000000349. The lowest BCUT2D eigenvalue weighted by Crippen LogP contribution is -1.93. The van der Waals surface area contributed by atoms with Crippen LogP contribution in [0.15, 0.2) is 0 Å². The maximum absolute atomic E-state index is 5.06.